The van der Waals surface area contributed by atoms with E-state index in [9.17, 15) is 9.59 Å². The fraction of sp³-hybridized carbons (Fsp3) is 0.417. The standard InChI is InChI=1S/C24H26N2O4/c1-15-4-2-3-5-18(15)19-12-26(13-20(19)23(27)25-11-16-6-7-16)24(28)17-8-9-21-22(10-17)30-14-29-21/h2-5,8-10,16,19-20H,6-7,11-14H2,1H3,(H,25,27). The van der Waals surface area contributed by atoms with Crippen molar-refractivity contribution in [3.63, 3.8) is 0 Å². The van der Waals surface area contributed by atoms with Crippen molar-refractivity contribution >= 4 is 11.8 Å². The molecule has 2 amide bonds. The van der Waals surface area contributed by atoms with Gasteiger partial charge in [-0.1, -0.05) is 24.3 Å². The minimum atomic E-state index is -0.247. The summed E-state index contributed by atoms with van der Waals surface area (Å²) < 4.78 is 10.8. The molecule has 1 aliphatic carbocycles. The molecule has 0 spiro atoms. The molecular weight excluding hydrogens is 380 g/mol. The number of carbonyl (C=O) groups is 2. The predicted octanol–water partition coefficient (Wildman–Crippen LogP) is 3.11. The molecule has 2 atom stereocenters. The van der Waals surface area contributed by atoms with E-state index in [1.807, 2.05) is 12.1 Å². The number of hydrogen-bond acceptors (Lipinski definition) is 4. The Labute approximate surface area is 176 Å². The van der Waals surface area contributed by atoms with Gasteiger partial charge in [0.15, 0.2) is 11.5 Å². The third-order valence-corrected chi connectivity index (χ3v) is 6.41. The van der Waals surface area contributed by atoms with Crippen LogP contribution in [-0.2, 0) is 4.79 Å². The van der Waals surface area contributed by atoms with Crippen LogP contribution < -0.4 is 14.8 Å². The molecule has 1 saturated carbocycles. The molecule has 3 aliphatic rings. The number of likely N-dealkylation sites (tertiary alicyclic amines) is 1. The van der Waals surface area contributed by atoms with Crippen LogP contribution in [0.5, 0.6) is 11.5 Å². The lowest BCUT2D eigenvalue weighted by atomic mass is 9.86. The molecule has 1 N–H and O–H groups in total. The molecule has 0 radical (unpaired) electrons. The monoisotopic (exact) mass is 406 g/mol. The highest BCUT2D eigenvalue weighted by Gasteiger charge is 2.41. The molecule has 156 valence electrons. The number of ether oxygens (including phenoxy) is 2. The van der Waals surface area contributed by atoms with E-state index >= 15 is 0 Å². The summed E-state index contributed by atoms with van der Waals surface area (Å²) in [6.45, 7) is 3.93. The smallest absolute Gasteiger partial charge is 0.254 e. The molecule has 2 unspecified atom stereocenters. The highest BCUT2D eigenvalue weighted by atomic mass is 16.7. The first-order valence-electron chi connectivity index (χ1n) is 10.6. The lowest BCUT2D eigenvalue weighted by Crippen LogP contribution is -2.36. The number of nitrogens with zero attached hydrogens (tertiary/aromatic N) is 1. The van der Waals surface area contributed by atoms with Crippen molar-refractivity contribution in [2.45, 2.75) is 25.7 Å². The van der Waals surface area contributed by atoms with Crippen molar-refractivity contribution in [1.82, 2.24) is 10.2 Å². The molecule has 0 bridgehead atoms. The van der Waals surface area contributed by atoms with Crippen LogP contribution in [0.1, 0.15) is 40.2 Å². The second kappa shape index (κ2) is 7.67. The van der Waals surface area contributed by atoms with Gasteiger partial charge in [0.25, 0.3) is 5.91 Å². The SMILES string of the molecule is Cc1ccccc1C1CN(C(=O)c2ccc3c(c2)OCO3)CC1C(=O)NCC1CC1. The highest BCUT2D eigenvalue weighted by molar-refractivity contribution is 5.96. The van der Waals surface area contributed by atoms with Crippen molar-refractivity contribution in [3.05, 3.63) is 59.2 Å². The molecule has 30 heavy (non-hydrogen) atoms. The van der Waals surface area contributed by atoms with Gasteiger partial charge in [-0.25, -0.2) is 0 Å². The van der Waals surface area contributed by atoms with Gasteiger partial charge in [-0.05, 0) is 55.0 Å². The van der Waals surface area contributed by atoms with E-state index in [1.165, 1.54) is 12.8 Å². The van der Waals surface area contributed by atoms with Crippen LogP contribution in [0.3, 0.4) is 0 Å². The Kier molecular flexibility index (Phi) is 4.85. The zero-order valence-electron chi connectivity index (χ0n) is 17.1. The molecule has 2 heterocycles. The van der Waals surface area contributed by atoms with Crippen LogP contribution in [0.2, 0.25) is 0 Å². The van der Waals surface area contributed by atoms with E-state index in [0.29, 0.717) is 36.1 Å². The number of hydrogen-bond donors (Lipinski definition) is 1. The van der Waals surface area contributed by atoms with E-state index in [-0.39, 0.29) is 30.4 Å². The van der Waals surface area contributed by atoms with Crippen molar-refractivity contribution in [2.75, 3.05) is 26.4 Å². The largest absolute Gasteiger partial charge is 0.454 e. The molecular formula is C24H26N2O4. The first-order valence-corrected chi connectivity index (χ1v) is 10.6. The number of nitrogens with one attached hydrogen (secondary N) is 1. The van der Waals surface area contributed by atoms with Crippen LogP contribution in [-0.4, -0.2) is 43.1 Å². The summed E-state index contributed by atoms with van der Waals surface area (Å²) >= 11 is 0. The maximum atomic E-state index is 13.3. The zero-order valence-corrected chi connectivity index (χ0v) is 17.1. The minimum absolute atomic E-state index is 0.0108. The topological polar surface area (TPSA) is 67.9 Å². The van der Waals surface area contributed by atoms with Crippen LogP contribution in [0.15, 0.2) is 42.5 Å². The molecule has 5 rings (SSSR count). The Balaban J connectivity index is 1.39. The molecule has 2 aromatic carbocycles. The minimum Gasteiger partial charge on any atom is -0.454 e. The maximum absolute atomic E-state index is 13.3. The first-order chi connectivity index (χ1) is 14.6. The van der Waals surface area contributed by atoms with Gasteiger partial charge >= 0.3 is 0 Å². The third-order valence-electron chi connectivity index (χ3n) is 6.41. The van der Waals surface area contributed by atoms with Crippen molar-refractivity contribution in [1.29, 1.82) is 0 Å². The number of benzene rings is 2. The Morgan fingerprint density at radius 3 is 2.67 bits per heavy atom. The number of amides is 2. The Morgan fingerprint density at radius 2 is 1.87 bits per heavy atom. The molecule has 1 saturated heterocycles. The zero-order chi connectivity index (χ0) is 20.7. The molecule has 2 fully saturated rings. The Morgan fingerprint density at radius 1 is 1.07 bits per heavy atom. The maximum Gasteiger partial charge on any atom is 0.254 e. The fourth-order valence-corrected chi connectivity index (χ4v) is 4.46. The number of carbonyl (C=O) groups excluding carboxylic acids is 2. The third kappa shape index (κ3) is 3.62. The van der Waals surface area contributed by atoms with Crippen molar-refractivity contribution in [3.8, 4) is 11.5 Å². The van der Waals surface area contributed by atoms with Crippen LogP contribution in [0.25, 0.3) is 0 Å². The van der Waals surface area contributed by atoms with Gasteiger partial charge in [0.2, 0.25) is 12.7 Å². The Hall–Kier alpha value is -3.02. The van der Waals surface area contributed by atoms with E-state index < -0.39 is 0 Å². The summed E-state index contributed by atoms with van der Waals surface area (Å²) in [6, 6.07) is 13.4. The number of fused-ring (bicyclic) bond motifs is 1. The predicted molar refractivity (Wildman–Crippen MR) is 112 cm³/mol. The van der Waals surface area contributed by atoms with E-state index in [2.05, 4.69) is 24.4 Å². The summed E-state index contributed by atoms with van der Waals surface area (Å²) in [6.07, 6.45) is 2.39. The lowest BCUT2D eigenvalue weighted by molar-refractivity contribution is -0.125. The number of aryl methyl sites for hydroxylation is 1. The lowest BCUT2D eigenvalue weighted by Gasteiger charge is -2.20. The summed E-state index contributed by atoms with van der Waals surface area (Å²) in [5, 5.41) is 3.13. The van der Waals surface area contributed by atoms with Crippen molar-refractivity contribution < 1.29 is 19.1 Å². The van der Waals surface area contributed by atoms with Gasteiger partial charge in [0.05, 0.1) is 5.92 Å². The molecule has 2 aromatic rings. The summed E-state index contributed by atoms with van der Waals surface area (Å²) in [5.41, 5.74) is 2.85. The normalized spacial score (nSPS) is 22.2. The summed E-state index contributed by atoms with van der Waals surface area (Å²) in [5.74, 6) is 1.59. The van der Waals surface area contributed by atoms with Gasteiger partial charge in [-0.2, -0.15) is 0 Å². The second-order valence-corrected chi connectivity index (χ2v) is 8.54. The van der Waals surface area contributed by atoms with Crippen LogP contribution in [0, 0.1) is 18.8 Å². The quantitative estimate of drug-likeness (QED) is 0.829. The van der Waals surface area contributed by atoms with E-state index in [4.69, 9.17) is 9.47 Å². The van der Waals surface area contributed by atoms with Crippen molar-refractivity contribution in [2.24, 2.45) is 11.8 Å². The van der Waals surface area contributed by atoms with Gasteiger partial charge in [0, 0.05) is 31.1 Å². The van der Waals surface area contributed by atoms with Gasteiger partial charge in [0.1, 0.15) is 0 Å². The molecule has 0 aromatic heterocycles. The molecule has 2 aliphatic heterocycles. The molecule has 6 heteroatoms. The number of rotatable bonds is 5. The average molecular weight is 406 g/mol. The Bertz CT molecular complexity index is 985. The van der Waals surface area contributed by atoms with Gasteiger partial charge < -0.3 is 19.7 Å². The van der Waals surface area contributed by atoms with Gasteiger partial charge in [-0.15, -0.1) is 0 Å². The average Bonchev–Trinajstić information content (AvgIpc) is 3.29. The second-order valence-electron chi connectivity index (χ2n) is 8.54. The highest BCUT2D eigenvalue weighted by Crippen LogP contribution is 2.37. The van der Waals surface area contributed by atoms with E-state index in [0.717, 1.165) is 17.7 Å². The fourth-order valence-electron chi connectivity index (χ4n) is 4.46. The van der Waals surface area contributed by atoms with Crippen LogP contribution in [0.4, 0.5) is 0 Å². The van der Waals surface area contributed by atoms with E-state index in [1.54, 1.807) is 23.1 Å². The van der Waals surface area contributed by atoms with Gasteiger partial charge in [-0.3, -0.25) is 9.59 Å². The first kappa shape index (κ1) is 19.0. The summed E-state index contributed by atoms with van der Waals surface area (Å²) in [4.78, 5) is 28.1. The molecule has 6 nitrogen and oxygen atoms in total. The summed E-state index contributed by atoms with van der Waals surface area (Å²) in [7, 11) is 0. The van der Waals surface area contributed by atoms with Crippen LogP contribution >= 0.6 is 0 Å².